The van der Waals surface area contributed by atoms with E-state index in [0.29, 0.717) is 6.54 Å². The summed E-state index contributed by atoms with van der Waals surface area (Å²) in [6.45, 7) is 6.67. The van der Waals surface area contributed by atoms with Gasteiger partial charge in [-0.1, -0.05) is 6.07 Å². The van der Waals surface area contributed by atoms with Gasteiger partial charge in [-0.25, -0.2) is 0 Å². The Kier molecular flexibility index (Phi) is 5.26. The van der Waals surface area contributed by atoms with Gasteiger partial charge in [-0.05, 0) is 32.4 Å². The lowest BCUT2D eigenvalue weighted by Gasteiger charge is -2.20. The minimum Gasteiger partial charge on any atom is -0.460 e. The van der Waals surface area contributed by atoms with Crippen molar-refractivity contribution in [2.45, 2.75) is 32.9 Å². The number of rotatable bonds is 6. The van der Waals surface area contributed by atoms with E-state index in [1.54, 1.807) is 12.1 Å². The Morgan fingerprint density at radius 1 is 1.37 bits per heavy atom. The molecule has 0 amide bonds. The van der Waals surface area contributed by atoms with Gasteiger partial charge in [-0.3, -0.25) is 10.1 Å². The predicted octanol–water partition coefficient (Wildman–Crippen LogP) is 2.47. The van der Waals surface area contributed by atoms with Gasteiger partial charge in [0.2, 0.25) is 0 Å². The van der Waals surface area contributed by atoms with Gasteiger partial charge < -0.3 is 14.8 Å². The minimum atomic E-state index is -0.453. The number of nitro benzene ring substituents is 1. The molecule has 0 aliphatic carbocycles. The Hall–Kier alpha value is -1.66. The summed E-state index contributed by atoms with van der Waals surface area (Å²) in [6, 6.07) is 4.91. The molecule has 0 bridgehead atoms. The first-order valence-electron chi connectivity index (χ1n) is 5.97. The van der Waals surface area contributed by atoms with Crippen LogP contribution in [0.3, 0.4) is 0 Å². The maximum Gasteiger partial charge on any atom is 0.311 e. The average Bonchev–Trinajstić information content (AvgIpc) is 2.33. The highest BCUT2D eigenvalue weighted by molar-refractivity contribution is 5.48. The van der Waals surface area contributed by atoms with Crippen molar-refractivity contribution in [3.8, 4) is 5.75 Å². The number of hydrogen-bond donors (Lipinski definition) is 1. The smallest absolute Gasteiger partial charge is 0.311 e. The van der Waals surface area contributed by atoms with E-state index in [2.05, 4.69) is 5.32 Å². The molecule has 6 heteroatoms. The van der Waals surface area contributed by atoms with E-state index in [-0.39, 0.29) is 23.8 Å². The van der Waals surface area contributed by atoms with E-state index in [0.717, 1.165) is 5.56 Å². The van der Waals surface area contributed by atoms with Crippen LogP contribution in [0.4, 0.5) is 5.69 Å². The van der Waals surface area contributed by atoms with Crippen LogP contribution in [0.5, 0.6) is 5.75 Å². The molecule has 6 nitrogen and oxygen atoms in total. The van der Waals surface area contributed by atoms with Gasteiger partial charge in [0.1, 0.15) is 0 Å². The number of nitro groups is 1. The summed E-state index contributed by atoms with van der Waals surface area (Å²) in [5, 5.41) is 14.3. The normalized spacial score (nSPS) is 11.4. The molecule has 0 saturated heterocycles. The molecular formula is C13H20N2O4. The van der Waals surface area contributed by atoms with Crippen LogP contribution in [0.1, 0.15) is 26.3 Å². The molecule has 1 aromatic rings. The topological polar surface area (TPSA) is 73.6 Å². The van der Waals surface area contributed by atoms with E-state index in [1.165, 1.54) is 13.2 Å². The average molecular weight is 268 g/mol. The van der Waals surface area contributed by atoms with Crippen LogP contribution in [0.25, 0.3) is 0 Å². The summed E-state index contributed by atoms with van der Waals surface area (Å²) in [5.74, 6) is 0.214. The maximum absolute atomic E-state index is 11.0. The third-order valence-corrected chi connectivity index (χ3v) is 2.38. The third-order valence-electron chi connectivity index (χ3n) is 2.38. The van der Waals surface area contributed by atoms with Crippen LogP contribution >= 0.6 is 0 Å². The molecule has 0 saturated carbocycles. The van der Waals surface area contributed by atoms with Crippen molar-refractivity contribution in [1.29, 1.82) is 0 Å². The number of nitrogens with zero attached hydrogens (tertiary/aromatic N) is 1. The number of hydrogen-bond acceptors (Lipinski definition) is 5. The Balaban J connectivity index is 2.86. The Bertz CT molecular complexity index is 441. The van der Waals surface area contributed by atoms with Crippen molar-refractivity contribution in [2.24, 2.45) is 0 Å². The van der Waals surface area contributed by atoms with Gasteiger partial charge in [0.25, 0.3) is 0 Å². The summed E-state index contributed by atoms with van der Waals surface area (Å²) in [6.07, 6.45) is 0. The molecule has 0 aliphatic rings. The van der Waals surface area contributed by atoms with Crippen LogP contribution in [0.15, 0.2) is 18.2 Å². The van der Waals surface area contributed by atoms with Crippen molar-refractivity contribution >= 4 is 5.69 Å². The second-order valence-electron chi connectivity index (χ2n) is 5.21. The fraction of sp³-hybridized carbons (Fsp3) is 0.538. The number of benzene rings is 1. The SMILES string of the molecule is COCOc1ccc(CNC(C)(C)C)cc1[N+](=O)[O-]. The zero-order valence-electron chi connectivity index (χ0n) is 11.7. The van der Waals surface area contributed by atoms with Crippen LogP contribution in [-0.4, -0.2) is 24.4 Å². The molecule has 0 radical (unpaired) electrons. The lowest BCUT2D eigenvalue weighted by molar-refractivity contribution is -0.386. The first kappa shape index (κ1) is 15.4. The van der Waals surface area contributed by atoms with E-state index in [4.69, 9.17) is 9.47 Å². The van der Waals surface area contributed by atoms with E-state index < -0.39 is 4.92 Å². The minimum absolute atomic E-state index is 0.0135. The lowest BCUT2D eigenvalue weighted by Crippen LogP contribution is -2.35. The molecule has 106 valence electrons. The second kappa shape index (κ2) is 6.49. The quantitative estimate of drug-likeness (QED) is 0.487. The van der Waals surface area contributed by atoms with Gasteiger partial charge in [-0.2, -0.15) is 0 Å². The maximum atomic E-state index is 11.0. The van der Waals surface area contributed by atoms with Crippen LogP contribution in [0, 0.1) is 10.1 Å². The summed E-state index contributed by atoms with van der Waals surface area (Å²) in [7, 11) is 1.47. The lowest BCUT2D eigenvalue weighted by atomic mass is 10.1. The molecule has 19 heavy (non-hydrogen) atoms. The van der Waals surface area contributed by atoms with Crippen molar-refractivity contribution in [3.63, 3.8) is 0 Å². The van der Waals surface area contributed by atoms with E-state index in [9.17, 15) is 10.1 Å². The highest BCUT2D eigenvalue weighted by Gasteiger charge is 2.17. The number of nitrogens with one attached hydrogen (secondary N) is 1. The molecule has 0 aliphatic heterocycles. The van der Waals surface area contributed by atoms with Crippen molar-refractivity contribution in [1.82, 2.24) is 5.32 Å². The molecule has 1 N–H and O–H groups in total. The summed E-state index contributed by atoms with van der Waals surface area (Å²) in [4.78, 5) is 10.5. The van der Waals surface area contributed by atoms with Gasteiger partial charge >= 0.3 is 5.69 Å². The summed E-state index contributed by atoms with van der Waals surface area (Å²) in [5.41, 5.74) is 0.747. The van der Waals surface area contributed by atoms with Crippen molar-refractivity contribution < 1.29 is 14.4 Å². The molecule has 1 aromatic carbocycles. The first-order chi connectivity index (χ1) is 8.83. The first-order valence-corrected chi connectivity index (χ1v) is 5.97. The number of methoxy groups -OCH3 is 1. The molecule has 0 aromatic heterocycles. The molecule has 1 rings (SSSR count). The fourth-order valence-electron chi connectivity index (χ4n) is 1.43. The fourth-order valence-corrected chi connectivity index (χ4v) is 1.43. The summed E-state index contributed by atoms with van der Waals surface area (Å²) < 4.78 is 9.91. The highest BCUT2D eigenvalue weighted by atomic mass is 16.7. The Morgan fingerprint density at radius 2 is 2.05 bits per heavy atom. The van der Waals surface area contributed by atoms with Crippen LogP contribution in [-0.2, 0) is 11.3 Å². The molecular weight excluding hydrogens is 248 g/mol. The molecule has 0 spiro atoms. The molecule has 0 atom stereocenters. The molecule has 0 heterocycles. The number of ether oxygens (including phenoxy) is 2. The van der Waals surface area contributed by atoms with Gasteiger partial charge in [0, 0.05) is 25.3 Å². The van der Waals surface area contributed by atoms with Crippen molar-refractivity contribution in [2.75, 3.05) is 13.9 Å². The van der Waals surface area contributed by atoms with Gasteiger partial charge in [0.15, 0.2) is 12.5 Å². The zero-order valence-corrected chi connectivity index (χ0v) is 11.7. The van der Waals surface area contributed by atoms with E-state index >= 15 is 0 Å². The standard InChI is InChI=1S/C13H20N2O4/c1-13(2,3)14-8-10-5-6-12(19-9-18-4)11(7-10)15(16)17/h5-7,14H,8-9H2,1-4H3. The predicted molar refractivity (Wildman–Crippen MR) is 72.2 cm³/mol. The molecule has 0 unspecified atom stereocenters. The monoisotopic (exact) mass is 268 g/mol. The largest absolute Gasteiger partial charge is 0.460 e. The Labute approximate surface area is 112 Å². The second-order valence-corrected chi connectivity index (χ2v) is 5.21. The van der Waals surface area contributed by atoms with Crippen molar-refractivity contribution in [3.05, 3.63) is 33.9 Å². The highest BCUT2D eigenvalue weighted by Crippen LogP contribution is 2.28. The Morgan fingerprint density at radius 3 is 2.58 bits per heavy atom. The van der Waals surface area contributed by atoms with E-state index in [1.807, 2.05) is 20.8 Å². The summed E-state index contributed by atoms with van der Waals surface area (Å²) >= 11 is 0. The van der Waals surface area contributed by atoms with Gasteiger partial charge in [0.05, 0.1) is 4.92 Å². The van der Waals surface area contributed by atoms with Gasteiger partial charge in [-0.15, -0.1) is 0 Å². The third kappa shape index (κ3) is 5.23. The van der Waals surface area contributed by atoms with Crippen LogP contribution < -0.4 is 10.1 Å². The van der Waals surface area contributed by atoms with Crippen LogP contribution in [0.2, 0.25) is 0 Å². The zero-order chi connectivity index (χ0) is 14.5. The molecule has 0 fully saturated rings.